The fourth-order valence-electron chi connectivity index (χ4n) is 4.16. The molecule has 0 heterocycles. The van der Waals surface area contributed by atoms with Gasteiger partial charge < -0.3 is 10.2 Å². The van der Waals surface area contributed by atoms with Gasteiger partial charge in [0.1, 0.15) is 12.6 Å². The van der Waals surface area contributed by atoms with E-state index in [-0.39, 0.29) is 39.0 Å². The first kappa shape index (κ1) is 31.5. The second-order valence-electron chi connectivity index (χ2n) is 9.97. The van der Waals surface area contributed by atoms with Gasteiger partial charge in [-0.2, -0.15) is 0 Å². The zero-order valence-electron chi connectivity index (χ0n) is 23.1. The molecule has 10 heteroatoms. The fourth-order valence-corrected chi connectivity index (χ4v) is 6.03. The smallest absolute Gasteiger partial charge is 0.264 e. The molecule has 0 aliphatic heterocycles. The van der Waals surface area contributed by atoms with Crippen molar-refractivity contribution in [1.82, 2.24) is 10.2 Å². The molecular formula is C30H35Cl2N3O4S. The van der Waals surface area contributed by atoms with E-state index < -0.39 is 28.5 Å². The molecule has 0 aliphatic rings. The number of benzene rings is 3. The number of nitrogens with zero attached hydrogens (tertiary/aromatic N) is 2. The van der Waals surface area contributed by atoms with Gasteiger partial charge in [-0.15, -0.1) is 0 Å². The third-order valence-corrected chi connectivity index (χ3v) is 8.94. The van der Waals surface area contributed by atoms with E-state index >= 15 is 0 Å². The Bertz CT molecular complexity index is 1410. The summed E-state index contributed by atoms with van der Waals surface area (Å²) in [7, 11) is -4.24. The van der Waals surface area contributed by atoms with E-state index in [9.17, 15) is 18.0 Å². The van der Waals surface area contributed by atoms with Gasteiger partial charge in [0.05, 0.1) is 20.6 Å². The number of hydrogen-bond donors (Lipinski definition) is 1. The van der Waals surface area contributed by atoms with Crippen molar-refractivity contribution in [2.75, 3.05) is 17.4 Å². The van der Waals surface area contributed by atoms with Gasteiger partial charge in [-0.25, -0.2) is 8.42 Å². The van der Waals surface area contributed by atoms with Gasteiger partial charge in [0.2, 0.25) is 11.8 Å². The number of halogens is 2. The van der Waals surface area contributed by atoms with Crippen LogP contribution in [0.5, 0.6) is 0 Å². The molecule has 0 saturated heterocycles. The molecule has 0 aromatic heterocycles. The molecule has 3 aromatic rings. The summed E-state index contributed by atoms with van der Waals surface area (Å²) in [6.07, 6.45) is 0.338. The van der Waals surface area contributed by atoms with Gasteiger partial charge in [-0.05, 0) is 49.1 Å². The van der Waals surface area contributed by atoms with Gasteiger partial charge in [0, 0.05) is 13.1 Å². The van der Waals surface area contributed by atoms with E-state index in [1.165, 1.54) is 23.1 Å². The van der Waals surface area contributed by atoms with Gasteiger partial charge in [-0.1, -0.05) is 98.1 Å². The summed E-state index contributed by atoms with van der Waals surface area (Å²) in [5, 5.41) is 3.07. The zero-order chi connectivity index (χ0) is 29.4. The fraction of sp³-hybridized carbons (Fsp3) is 0.333. The first-order chi connectivity index (χ1) is 18.9. The average Bonchev–Trinajstić information content (AvgIpc) is 2.92. The van der Waals surface area contributed by atoms with Gasteiger partial charge >= 0.3 is 0 Å². The van der Waals surface area contributed by atoms with Gasteiger partial charge in [0.15, 0.2) is 0 Å². The van der Waals surface area contributed by atoms with Crippen LogP contribution in [0.4, 0.5) is 5.69 Å². The Morgan fingerprint density at radius 2 is 1.57 bits per heavy atom. The molecule has 0 radical (unpaired) electrons. The minimum Gasteiger partial charge on any atom is -0.354 e. The Morgan fingerprint density at radius 1 is 0.925 bits per heavy atom. The van der Waals surface area contributed by atoms with E-state index in [2.05, 4.69) is 5.32 Å². The van der Waals surface area contributed by atoms with Crippen LogP contribution in [0.15, 0.2) is 77.7 Å². The van der Waals surface area contributed by atoms with Crippen molar-refractivity contribution in [1.29, 1.82) is 0 Å². The highest BCUT2D eigenvalue weighted by Gasteiger charge is 2.34. The quantitative estimate of drug-likeness (QED) is 0.272. The molecule has 7 nitrogen and oxygen atoms in total. The molecule has 0 saturated carbocycles. The summed E-state index contributed by atoms with van der Waals surface area (Å²) in [4.78, 5) is 28.7. The molecule has 0 unspecified atom stereocenters. The predicted octanol–water partition coefficient (Wildman–Crippen LogP) is 6.08. The number of aryl methyl sites for hydroxylation is 1. The highest BCUT2D eigenvalue weighted by molar-refractivity contribution is 7.92. The topological polar surface area (TPSA) is 86.8 Å². The lowest BCUT2D eigenvalue weighted by atomic mass is 10.1. The lowest BCUT2D eigenvalue weighted by Crippen LogP contribution is -2.52. The van der Waals surface area contributed by atoms with Crippen LogP contribution < -0.4 is 9.62 Å². The van der Waals surface area contributed by atoms with Crippen molar-refractivity contribution >= 4 is 50.7 Å². The summed E-state index contributed by atoms with van der Waals surface area (Å²) >= 11 is 12.7. The van der Waals surface area contributed by atoms with E-state index in [1.54, 1.807) is 24.3 Å². The van der Waals surface area contributed by atoms with E-state index in [1.807, 2.05) is 58.0 Å². The third-order valence-electron chi connectivity index (χ3n) is 6.35. The minimum atomic E-state index is -4.24. The first-order valence-electron chi connectivity index (χ1n) is 13.1. The normalized spacial score (nSPS) is 12.2. The number of carbonyl (C=O) groups is 2. The van der Waals surface area contributed by atoms with Crippen molar-refractivity contribution in [3.05, 3.63) is 94.0 Å². The maximum absolute atomic E-state index is 14.1. The molecule has 214 valence electrons. The summed E-state index contributed by atoms with van der Waals surface area (Å²) in [6, 6.07) is 19.4. The maximum Gasteiger partial charge on any atom is 0.264 e. The van der Waals surface area contributed by atoms with E-state index in [4.69, 9.17) is 23.2 Å². The van der Waals surface area contributed by atoms with Crippen LogP contribution in [0.25, 0.3) is 0 Å². The number of carbonyl (C=O) groups excluding carboxylic acids is 2. The molecule has 0 aliphatic carbocycles. The number of anilines is 1. The molecular weight excluding hydrogens is 569 g/mol. The van der Waals surface area contributed by atoms with E-state index in [0.29, 0.717) is 13.0 Å². The second-order valence-corrected chi connectivity index (χ2v) is 12.6. The van der Waals surface area contributed by atoms with Gasteiger partial charge in [0.25, 0.3) is 10.0 Å². The van der Waals surface area contributed by atoms with Crippen molar-refractivity contribution in [2.24, 2.45) is 5.92 Å². The summed E-state index contributed by atoms with van der Waals surface area (Å²) in [5.41, 5.74) is 1.76. The van der Waals surface area contributed by atoms with Gasteiger partial charge in [-0.3, -0.25) is 13.9 Å². The maximum atomic E-state index is 14.1. The molecule has 40 heavy (non-hydrogen) atoms. The van der Waals surface area contributed by atoms with Crippen molar-refractivity contribution < 1.29 is 18.0 Å². The number of nitrogens with one attached hydrogen (secondary N) is 1. The predicted molar refractivity (Wildman–Crippen MR) is 161 cm³/mol. The monoisotopic (exact) mass is 603 g/mol. The second kappa shape index (κ2) is 14.0. The SMILES string of the molecule is CC[C@H](C(=O)NCC(C)C)N(Cc1ccccc1)C(=O)CN(c1cccc(Cl)c1Cl)S(=O)(=O)c1ccc(C)cc1. The standard InChI is InChI=1S/C30H35Cl2N3O4S/c1-5-26(30(37)33-18-21(2)3)34(19-23-10-7-6-8-11-23)28(36)20-35(27-13-9-12-25(31)29(27)32)40(38,39)24-16-14-22(4)15-17-24/h6-17,21,26H,5,18-20H2,1-4H3,(H,33,37)/t26-/m1/s1. The Kier molecular flexibility index (Phi) is 11.0. The lowest BCUT2D eigenvalue weighted by molar-refractivity contribution is -0.140. The molecule has 1 N–H and O–H groups in total. The van der Waals surface area contributed by atoms with Crippen LogP contribution in [-0.4, -0.2) is 44.3 Å². The van der Waals surface area contributed by atoms with Crippen molar-refractivity contribution in [2.45, 2.75) is 51.6 Å². The zero-order valence-corrected chi connectivity index (χ0v) is 25.4. The molecule has 2 amide bonds. The number of amides is 2. The molecule has 1 atom stereocenters. The summed E-state index contributed by atoms with van der Waals surface area (Å²) in [6.45, 7) is 7.62. The number of sulfonamides is 1. The number of rotatable bonds is 12. The molecule has 0 bridgehead atoms. The Morgan fingerprint density at radius 3 is 2.17 bits per heavy atom. The van der Waals surface area contributed by atoms with Crippen LogP contribution >= 0.6 is 23.2 Å². The minimum absolute atomic E-state index is 0.00160. The molecule has 3 rings (SSSR count). The average molecular weight is 605 g/mol. The van der Waals surface area contributed by atoms with Crippen LogP contribution in [0.3, 0.4) is 0 Å². The van der Waals surface area contributed by atoms with Crippen LogP contribution in [0.2, 0.25) is 10.0 Å². The third kappa shape index (κ3) is 7.77. The summed E-state index contributed by atoms with van der Waals surface area (Å²) < 4.78 is 28.9. The van der Waals surface area contributed by atoms with Crippen LogP contribution in [-0.2, 0) is 26.2 Å². The van der Waals surface area contributed by atoms with E-state index in [0.717, 1.165) is 15.4 Å². The first-order valence-corrected chi connectivity index (χ1v) is 15.3. The van der Waals surface area contributed by atoms with Crippen molar-refractivity contribution in [3.8, 4) is 0 Å². The largest absolute Gasteiger partial charge is 0.354 e. The Labute approximate surface area is 247 Å². The van der Waals surface area contributed by atoms with Crippen molar-refractivity contribution in [3.63, 3.8) is 0 Å². The molecule has 0 spiro atoms. The number of hydrogen-bond acceptors (Lipinski definition) is 4. The Hall–Kier alpha value is -3.07. The highest BCUT2D eigenvalue weighted by atomic mass is 35.5. The highest BCUT2D eigenvalue weighted by Crippen LogP contribution is 2.35. The van der Waals surface area contributed by atoms with Crippen LogP contribution in [0, 0.1) is 12.8 Å². The molecule has 0 fully saturated rings. The summed E-state index contributed by atoms with van der Waals surface area (Å²) in [5.74, 6) is -0.629. The lowest BCUT2D eigenvalue weighted by Gasteiger charge is -2.33. The van der Waals surface area contributed by atoms with Crippen LogP contribution in [0.1, 0.15) is 38.3 Å². The Balaban J connectivity index is 2.07. The molecule has 3 aromatic carbocycles.